The topological polar surface area (TPSA) is 38.0 Å². The van der Waals surface area contributed by atoms with Crippen LogP contribution in [-0.4, -0.2) is 0 Å². The third kappa shape index (κ3) is 2.93. The summed E-state index contributed by atoms with van der Waals surface area (Å²) in [6, 6.07) is 10.4. The van der Waals surface area contributed by atoms with Crippen molar-refractivity contribution in [2.24, 2.45) is 5.84 Å². The molecule has 0 radical (unpaired) electrons. The molecule has 2 nitrogen and oxygen atoms in total. The van der Waals surface area contributed by atoms with E-state index < -0.39 is 0 Å². The van der Waals surface area contributed by atoms with Crippen molar-refractivity contribution in [1.82, 2.24) is 5.43 Å². The largest absolute Gasteiger partial charge is 0.271 e. The second kappa shape index (κ2) is 6.13. The third-order valence-corrected chi connectivity index (χ3v) is 6.19. The quantitative estimate of drug-likeness (QED) is 0.481. The van der Waals surface area contributed by atoms with Gasteiger partial charge in [0.1, 0.15) is 0 Å². The van der Waals surface area contributed by atoms with Crippen LogP contribution in [0.5, 0.6) is 0 Å². The molecule has 3 N–H and O–H groups in total. The Morgan fingerprint density at radius 2 is 2.10 bits per heavy atom. The number of nitrogens with one attached hydrogen (secondary N) is 1. The van der Waals surface area contributed by atoms with Gasteiger partial charge < -0.3 is 0 Å². The van der Waals surface area contributed by atoms with Crippen LogP contribution >= 0.6 is 50.2 Å². The Morgan fingerprint density at radius 3 is 2.80 bits per heavy atom. The zero-order valence-electron chi connectivity index (χ0n) is 10.4. The number of halogens is 2. The molecule has 0 saturated heterocycles. The molecular formula is C14H12BrClN2S2. The van der Waals surface area contributed by atoms with E-state index in [-0.39, 0.29) is 6.04 Å². The minimum Gasteiger partial charge on any atom is -0.271 e. The van der Waals surface area contributed by atoms with Crippen LogP contribution in [0.2, 0.25) is 5.02 Å². The zero-order valence-corrected chi connectivity index (χ0v) is 14.4. The fraction of sp³-hybridized carbons (Fsp3) is 0.143. The molecule has 1 atom stereocenters. The highest BCUT2D eigenvalue weighted by Crippen LogP contribution is 2.35. The lowest BCUT2D eigenvalue weighted by atomic mass is 10.1. The number of nitrogens with two attached hydrogens (primary N) is 1. The number of fused-ring (bicyclic) bond motifs is 1. The Hall–Kier alpha value is -0.430. The zero-order chi connectivity index (χ0) is 14.1. The molecule has 3 rings (SSSR count). The first kappa shape index (κ1) is 14.5. The summed E-state index contributed by atoms with van der Waals surface area (Å²) in [5, 5.41) is 2.87. The molecule has 6 heteroatoms. The number of hydrogen-bond acceptors (Lipinski definition) is 4. The molecule has 0 aliphatic carbocycles. The van der Waals surface area contributed by atoms with Crippen LogP contribution < -0.4 is 11.3 Å². The monoisotopic (exact) mass is 386 g/mol. The van der Waals surface area contributed by atoms with Gasteiger partial charge in [-0.05, 0) is 41.6 Å². The molecule has 0 spiro atoms. The molecule has 1 unspecified atom stereocenters. The van der Waals surface area contributed by atoms with Gasteiger partial charge in [-0.25, -0.2) is 0 Å². The minimum absolute atomic E-state index is 0.0817. The van der Waals surface area contributed by atoms with E-state index in [4.69, 9.17) is 17.4 Å². The lowest BCUT2D eigenvalue weighted by molar-refractivity contribution is 0.561. The van der Waals surface area contributed by atoms with Gasteiger partial charge in [-0.1, -0.05) is 33.6 Å². The summed E-state index contributed by atoms with van der Waals surface area (Å²) in [6.07, 6.45) is 0.774. The van der Waals surface area contributed by atoms with Gasteiger partial charge in [0.25, 0.3) is 0 Å². The first-order valence-corrected chi connectivity index (χ1v) is 8.91. The third-order valence-electron chi connectivity index (χ3n) is 3.14. The SMILES string of the molecule is NNC(Cc1ccc(Br)cc1Cl)c1cc2sccc2s1. The molecule has 2 aromatic heterocycles. The molecular weight excluding hydrogens is 376 g/mol. The predicted octanol–water partition coefficient (Wildman–Crippen LogP) is 5.13. The molecule has 0 aliphatic heterocycles. The molecule has 0 fully saturated rings. The second-order valence-electron chi connectivity index (χ2n) is 4.46. The molecule has 2 heterocycles. The van der Waals surface area contributed by atoms with Gasteiger partial charge >= 0.3 is 0 Å². The van der Waals surface area contributed by atoms with Crippen molar-refractivity contribution >= 4 is 59.6 Å². The smallest absolute Gasteiger partial charge is 0.0594 e. The van der Waals surface area contributed by atoms with E-state index >= 15 is 0 Å². The van der Waals surface area contributed by atoms with Crippen LogP contribution in [0.1, 0.15) is 16.5 Å². The van der Waals surface area contributed by atoms with E-state index in [1.54, 1.807) is 22.7 Å². The maximum Gasteiger partial charge on any atom is 0.0594 e. The van der Waals surface area contributed by atoms with Crippen molar-refractivity contribution in [1.29, 1.82) is 0 Å². The van der Waals surface area contributed by atoms with E-state index in [9.17, 15) is 0 Å². The van der Waals surface area contributed by atoms with E-state index in [2.05, 4.69) is 38.9 Å². The number of benzene rings is 1. The maximum atomic E-state index is 6.28. The van der Waals surface area contributed by atoms with Gasteiger partial charge in [0.05, 0.1) is 6.04 Å². The summed E-state index contributed by atoms with van der Waals surface area (Å²) >= 11 is 13.2. The van der Waals surface area contributed by atoms with E-state index in [0.717, 1.165) is 21.5 Å². The van der Waals surface area contributed by atoms with Gasteiger partial charge in [0, 0.05) is 23.8 Å². The highest BCUT2D eigenvalue weighted by Gasteiger charge is 2.16. The highest BCUT2D eigenvalue weighted by molar-refractivity contribution is 9.10. The second-order valence-corrected chi connectivity index (χ2v) is 7.84. The fourth-order valence-electron chi connectivity index (χ4n) is 2.10. The summed E-state index contributed by atoms with van der Waals surface area (Å²) in [7, 11) is 0. The lowest BCUT2D eigenvalue weighted by Crippen LogP contribution is -2.29. The highest BCUT2D eigenvalue weighted by atomic mass is 79.9. The Bertz CT molecular complexity index is 709. The molecule has 0 aliphatic rings. The molecule has 20 heavy (non-hydrogen) atoms. The Labute approximate surface area is 138 Å². The predicted molar refractivity (Wildman–Crippen MR) is 92.6 cm³/mol. The van der Waals surface area contributed by atoms with Crippen molar-refractivity contribution in [3.8, 4) is 0 Å². The Balaban J connectivity index is 1.88. The van der Waals surface area contributed by atoms with Crippen molar-refractivity contribution < 1.29 is 0 Å². The summed E-state index contributed by atoms with van der Waals surface area (Å²) in [6.45, 7) is 0. The van der Waals surface area contributed by atoms with Crippen LogP contribution in [-0.2, 0) is 6.42 Å². The van der Waals surface area contributed by atoms with Crippen molar-refractivity contribution in [2.45, 2.75) is 12.5 Å². The van der Waals surface area contributed by atoms with Crippen LogP contribution in [0, 0.1) is 0 Å². The molecule has 0 saturated carbocycles. The van der Waals surface area contributed by atoms with Crippen LogP contribution in [0.4, 0.5) is 0 Å². The van der Waals surface area contributed by atoms with E-state index in [1.165, 1.54) is 14.3 Å². The first-order valence-electron chi connectivity index (χ1n) is 6.04. The molecule has 104 valence electrons. The van der Waals surface area contributed by atoms with Gasteiger partial charge in [-0.15, -0.1) is 22.7 Å². The Morgan fingerprint density at radius 1 is 1.25 bits per heavy atom. The Kier molecular flexibility index (Phi) is 4.45. The van der Waals surface area contributed by atoms with Gasteiger partial charge in [-0.3, -0.25) is 11.3 Å². The average Bonchev–Trinajstić information content (AvgIpc) is 2.98. The van der Waals surface area contributed by atoms with Gasteiger partial charge in [0.15, 0.2) is 0 Å². The molecule has 0 bridgehead atoms. The molecule has 3 aromatic rings. The number of thiophene rings is 2. The number of hydrazine groups is 1. The standard InChI is InChI=1S/C14H12BrClN2S2/c15-9-2-1-8(10(16)6-9)5-11(18-17)13-7-14-12(20-13)3-4-19-14/h1-4,6-7,11,18H,5,17H2. The number of rotatable bonds is 4. The lowest BCUT2D eigenvalue weighted by Gasteiger charge is -2.15. The normalized spacial score (nSPS) is 12.9. The van der Waals surface area contributed by atoms with Crippen LogP contribution in [0.15, 0.2) is 40.2 Å². The van der Waals surface area contributed by atoms with Gasteiger partial charge in [-0.2, -0.15) is 0 Å². The van der Waals surface area contributed by atoms with E-state index in [0.29, 0.717) is 0 Å². The van der Waals surface area contributed by atoms with Crippen molar-refractivity contribution in [2.75, 3.05) is 0 Å². The average molecular weight is 388 g/mol. The maximum absolute atomic E-state index is 6.28. The fourth-order valence-corrected chi connectivity index (χ4v) is 5.04. The molecule has 1 aromatic carbocycles. The van der Waals surface area contributed by atoms with Crippen molar-refractivity contribution in [3.63, 3.8) is 0 Å². The van der Waals surface area contributed by atoms with Crippen LogP contribution in [0.3, 0.4) is 0 Å². The van der Waals surface area contributed by atoms with Crippen molar-refractivity contribution in [3.05, 3.63) is 55.6 Å². The van der Waals surface area contributed by atoms with Crippen LogP contribution in [0.25, 0.3) is 9.40 Å². The first-order chi connectivity index (χ1) is 9.67. The molecule has 0 amide bonds. The summed E-state index contributed by atoms with van der Waals surface area (Å²) < 4.78 is 3.61. The summed E-state index contributed by atoms with van der Waals surface area (Å²) in [5.41, 5.74) is 4.00. The number of hydrogen-bond donors (Lipinski definition) is 2. The summed E-state index contributed by atoms with van der Waals surface area (Å²) in [5.74, 6) is 5.73. The summed E-state index contributed by atoms with van der Waals surface area (Å²) in [4.78, 5) is 1.24. The van der Waals surface area contributed by atoms with E-state index in [1.807, 2.05) is 18.2 Å². The van der Waals surface area contributed by atoms with Gasteiger partial charge in [0.2, 0.25) is 0 Å². The minimum atomic E-state index is 0.0817.